The number of primary amides is 2. The van der Waals surface area contributed by atoms with Crippen LogP contribution in [0.2, 0.25) is 0 Å². The number of anilines is 1. The predicted octanol–water partition coefficient (Wildman–Crippen LogP) is 3.60. The summed E-state index contributed by atoms with van der Waals surface area (Å²) in [4.78, 5) is 46.6. The Hall–Kier alpha value is -3.76. The zero-order valence-corrected chi connectivity index (χ0v) is 19.1. The standard InChI is InChI=1S/C23H19N5O3S2/c1-12-26-22(17-10-18(33-23(17)27-12)13-5-3-2-4-6-13)32-11-19(29)28-16-8-14(20(24)30)7-15(9-16)21(25)31/h2-10H,11H2,1H3,(H2,24,30)(H2,25,31)(H,28,29). The zero-order chi connectivity index (χ0) is 23.5. The molecule has 5 N–H and O–H groups in total. The second-order valence-electron chi connectivity index (χ2n) is 7.14. The molecular weight excluding hydrogens is 458 g/mol. The monoisotopic (exact) mass is 477 g/mol. The molecule has 0 aliphatic carbocycles. The van der Waals surface area contributed by atoms with Gasteiger partial charge in [0, 0.05) is 27.1 Å². The maximum absolute atomic E-state index is 12.6. The highest BCUT2D eigenvalue weighted by Crippen LogP contribution is 2.36. The minimum absolute atomic E-state index is 0.0643. The van der Waals surface area contributed by atoms with E-state index in [1.807, 2.05) is 43.3 Å². The summed E-state index contributed by atoms with van der Waals surface area (Å²) in [5.74, 6) is -1.11. The third-order valence-electron chi connectivity index (χ3n) is 4.65. The van der Waals surface area contributed by atoms with Crippen LogP contribution in [-0.2, 0) is 4.79 Å². The van der Waals surface area contributed by atoms with E-state index in [9.17, 15) is 14.4 Å². The van der Waals surface area contributed by atoms with Crippen molar-refractivity contribution in [2.75, 3.05) is 11.1 Å². The Morgan fingerprint density at radius 2 is 1.64 bits per heavy atom. The number of thiophene rings is 1. The van der Waals surface area contributed by atoms with Crippen molar-refractivity contribution in [2.24, 2.45) is 11.5 Å². The van der Waals surface area contributed by atoms with E-state index in [4.69, 9.17) is 11.5 Å². The third kappa shape index (κ3) is 5.18. The minimum atomic E-state index is -0.728. The van der Waals surface area contributed by atoms with Crippen molar-refractivity contribution in [1.82, 2.24) is 9.97 Å². The van der Waals surface area contributed by atoms with Crippen LogP contribution >= 0.6 is 23.1 Å². The van der Waals surface area contributed by atoms with E-state index >= 15 is 0 Å². The highest BCUT2D eigenvalue weighted by Gasteiger charge is 2.15. The fourth-order valence-electron chi connectivity index (χ4n) is 3.17. The van der Waals surface area contributed by atoms with Crippen LogP contribution in [0.5, 0.6) is 0 Å². The molecule has 8 nitrogen and oxygen atoms in total. The predicted molar refractivity (Wildman–Crippen MR) is 130 cm³/mol. The van der Waals surface area contributed by atoms with Crippen molar-refractivity contribution in [3.05, 3.63) is 71.5 Å². The molecule has 3 amide bonds. The fraction of sp³-hybridized carbons (Fsp3) is 0.0870. The number of nitrogens with zero attached hydrogens (tertiary/aromatic N) is 2. The van der Waals surface area contributed by atoms with Gasteiger partial charge < -0.3 is 16.8 Å². The Morgan fingerprint density at radius 1 is 0.970 bits per heavy atom. The lowest BCUT2D eigenvalue weighted by Gasteiger charge is -2.09. The second-order valence-corrected chi connectivity index (χ2v) is 9.13. The van der Waals surface area contributed by atoms with Gasteiger partial charge in [-0.2, -0.15) is 0 Å². The number of carbonyl (C=O) groups is 3. The quantitative estimate of drug-likeness (QED) is 0.274. The summed E-state index contributed by atoms with van der Waals surface area (Å²) in [6.45, 7) is 1.81. The molecule has 0 radical (unpaired) electrons. The van der Waals surface area contributed by atoms with Gasteiger partial charge in [0.05, 0.1) is 5.75 Å². The molecule has 10 heteroatoms. The number of fused-ring (bicyclic) bond motifs is 1. The Labute approximate surface area is 197 Å². The molecule has 4 aromatic rings. The van der Waals surface area contributed by atoms with Gasteiger partial charge >= 0.3 is 0 Å². The van der Waals surface area contributed by atoms with Crippen LogP contribution in [0.15, 0.2) is 59.6 Å². The molecule has 4 rings (SSSR count). The molecule has 166 valence electrons. The van der Waals surface area contributed by atoms with Crippen molar-refractivity contribution < 1.29 is 14.4 Å². The van der Waals surface area contributed by atoms with Crippen molar-refractivity contribution >= 4 is 56.7 Å². The van der Waals surface area contributed by atoms with Crippen molar-refractivity contribution in [2.45, 2.75) is 11.9 Å². The number of nitrogens with one attached hydrogen (secondary N) is 1. The summed E-state index contributed by atoms with van der Waals surface area (Å²) in [6, 6.07) is 16.1. The summed E-state index contributed by atoms with van der Waals surface area (Å²) in [5.41, 5.74) is 12.1. The van der Waals surface area contributed by atoms with Crippen LogP contribution in [0.3, 0.4) is 0 Å². The lowest BCUT2D eigenvalue weighted by molar-refractivity contribution is -0.113. The van der Waals surface area contributed by atoms with Gasteiger partial charge in [-0.15, -0.1) is 11.3 Å². The third-order valence-corrected chi connectivity index (χ3v) is 6.72. The summed E-state index contributed by atoms with van der Waals surface area (Å²) in [7, 11) is 0. The van der Waals surface area contributed by atoms with Gasteiger partial charge in [-0.1, -0.05) is 42.1 Å². The second kappa shape index (κ2) is 9.39. The number of aryl methyl sites for hydroxylation is 1. The maximum atomic E-state index is 12.6. The summed E-state index contributed by atoms with van der Waals surface area (Å²) in [5, 5.41) is 4.27. The van der Waals surface area contributed by atoms with Crippen molar-refractivity contribution in [3.63, 3.8) is 0 Å². The normalized spacial score (nSPS) is 10.8. The van der Waals surface area contributed by atoms with E-state index in [2.05, 4.69) is 15.3 Å². The van der Waals surface area contributed by atoms with E-state index in [1.165, 1.54) is 30.0 Å². The molecule has 0 bridgehead atoms. The molecule has 0 saturated heterocycles. The van der Waals surface area contributed by atoms with Crippen LogP contribution in [0.25, 0.3) is 20.7 Å². The van der Waals surface area contributed by atoms with E-state index in [0.29, 0.717) is 10.9 Å². The molecule has 0 spiro atoms. The first kappa shape index (κ1) is 22.4. The van der Waals surface area contributed by atoms with Crippen LogP contribution in [0.4, 0.5) is 5.69 Å². The Kier molecular flexibility index (Phi) is 6.38. The van der Waals surface area contributed by atoms with Gasteiger partial charge in [0.25, 0.3) is 0 Å². The molecule has 0 fully saturated rings. The first-order chi connectivity index (χ1) is 15.8. The van der Waals surface area contributed by atoms with Crippen molar-refractivity contribution in [3.8, 4) is 10.4 Å². The molecule has 2 aromatic carbocycles. The van der Waals surface area contributed by atoms with Gasteiger partial charge in [-0.3, -0.25) is 14.4 Å². The summed E-state index contributed by atoms with van der Waals surface area (Å²) >= 11 is 2.85. The van der Waals surface area contributed by atoms with Gasteiger partial charge in [0.2, 0.25) is 17.7 Å². The first-order valence-electron chi connectivity index (χ1n) is 9.81. The fourth-order valence-corrected chi connectivity index (χ4v) is 5.16. The van der Waals surface area contributed by atoms with E-state index in [0.717, 1.165) is 20.7 Å². The molecule has 0 aliphatic heterocycles. The number of hydrogen-bond donors (Lipinski definition) is 3. The average molecular weight is 478 g/mol. The molecule has 0 unspecified atom stereocenters. The maximum Gasteiger partial charge on any atom is 0.248 e. The summed E-state index contributed by atoms with van der Waals surface area (Å²) < 4.78 is 0. The van der Waals surface area contributed by atoms with Crippen LogP contribution in [0, 0.1) is 6.92 Å². The summed E-state index contributed by atoms with van der Waals surface area (Å²) in [6.07, 6.45) is 0. The number of thioether (sulfide) groups is 1. The van der Waals surface area contributed by atoms with Crippen LogP contribution in [-0.4, -0.2) is 33.4 Å². The molecule has 0 atom stereocenters. The molecule has 33 heavy (non-hydrogen) atoms. The van der Waals surface area contributed by atoms with Gasteiger partial charge in [0.1, 0.15) is 15.7 Å². The van der Waals surface area contributed by atoms with E-state index in [-0.39, 0.29) is 28.5 Å². The van der Waals surface area contributed by atoms with Gasteiger partial charge in [-0.25, -0.2) is 9.97 Å². The number of rotatable bonds is 7. The molecule has 2 aromatic heterocycles. The van der Waals surface area contributed by atoms with Gasteiger partial charge in [0.15, 0.2) is 0 Å². The zero-order valence-electron chi connectivity index (χ0n) is 17.5. The van der Waals surface area contributed by atoms with Crippen LogP contribution < -0.4 is 16.8 Å². The number of amides is 3. The lowest BCUT2D eigenvalue weighted by Crippen LogP contribution is -2.19. The molecule has 0 saturated carbocycles. The largest absolute Gasteiger partial charge is 0.366 e. The minimum Gasteiger partial charge on any atom is -0.366 e. The average Bonchev–Trinajstić information content (AvgIpc) is 3.22. The SMILES string of the molecule is Cc1nc(SCC(=O)Nc2cc(C(N)=O)cc(C(N)=O)c2)c2cc(-c3ccccc3)sc2n1. The number of hydrogen-bond acceptors (Lipinski definition) is 7. The number of aromatic nitrogens is 2. The highest BCUT2D eigenvalue weighted by molar-refractivity contribution is 8.00. The Balaban J connectivity index is 1.54. The molecular formula is C23H19N5O3S2. The number of benzene rings is 2. The first-order valence-corrected chi connectivity index (χ1v) is 11.6. The number of nitrogens with two attached hydrogens (primary N) is 2. The number of carbonyl (C=O) groups excluding carboxylic acids is 3. The van der Waals surface area contributed by atoms with E-state index < -0.39 is 11.8 Å². The highest BCUT2D eigenvalue weighted by atomic mass is 32.2. The Bertz CT molecular complexity index is 1350. The topological polar surface area (TPSA) is 141 Å². The van der Waals surface area contributed by atoms with Crippen molar-refractivity contribution in [1.29, 1.82) is 0 Å². The Morgan fingerprint density at radius 3 is 2.27 bits per heavy atom. The smallest absolute Gasteiger partial charge is 0.248 e. The lowest BCUT2D eigenvalue weighted by atomic mass is 10.1. The molecule has 0 aliphatic rings. The molecule has 2 heterocycles. The van der Waals surface area contributed by atoms with Gasteiger partial charge in [-0.05, 0) is 36.8 Å². The van der Waals surface area contributed by atoms with Crippen LogP contribution in [0.1, 0.15) is 26.5 Å². The van der Waals surface area contributed by atoms with E-state index in [1.54, 1.807) is 11.3 Å².